The maximum absolute atomic E-state index is 5.66. The lowest BCUT2D eigenvalue weighted by atomic mass is 11.8. The Kier molecular flexibility index (Phi) is 3.84. The van der Waals surface area contributed by atoms with Crippen molar-refractivity contribution in [2.24, 2.45) is 5.14 Å². The van der Waals surface area contributed by atoms with E-state index in [2.05, 4.69) is 42.9 Å². The monoisotopic (exact) mass is 208 g/mol. The first kappa shape index (κ1) is 11.7. The molecule has 0 saturated carbocycles. The minimum atomic E-state index is -1.19. The predicted molar refractivity (Wildman–Crippen MR) is 60.3 cm³/mol. The van der Waals surface area contributed by atoms with Gasteiger partial charge in [-0.15, -0.1) is 0 Å². The summed E-state index contributed by atoms with van der Waals surface area (Å²) in [7, 11) is -2.38. The summed E-state index contributed by atoms with van der Waals surface area (Å²) in [5.74, 6) is 0. The molecule has 0 unspecified atom stereocenters. The minimum Gasteiger partial charge on any atom is -0.281 e. The Morgan fingerprint density at radius 3 is 1.18 bits per heavy atom. The van der Waals surface area contributed by atoms with Crippen LogP contribution in [0.3, 0.4) is 0 Å². The SMILES string of the molecule is C[Si](C)(C)N(SN)[Si](C)(C)C. The largest absolute Gasteiger partial charge is 0.281 e. The maximum atomic E-state index is 5.66. The summed E-state index contributed by atoms with van der Waals surface area (Å²) in [6, 6.07) is 0. The van der Waals surface area contributed by atoms with E-state index in [1.165, 1.54) is 12.1 Å². The minimum absolute atomic E-state index is 1.19. The Morgan fingerprint density at radius 1 is 0.909 bits per heavy atom. The number of nitrogens with zero attached hydrogens (tertiary/aromatic N) is 1. The first-order valence-corrected chi connectivity index (χ1v) is 11.6. The van der Waals surface area contributed by atoms with Crippen molar-refractivity contribution in [1.29, 1.82) is 0 Å². The van der Waals surface area contributed by atoms with Crippen LogP contribution in [-0.2, 0) is 0 Å². The first-order chi connectivity index (χ1) is 4.69. The molecular weight excluding hydrogens is 188 g/mol. The number of hydrogen-bond donors (Lipinski definition) is 1. The number of hydrogen-bond acceptors (Lipinski definition) is 3. The van der Waals surface area contributed by atoms with Crippen molar-refractivity contribution in [3.05, 3.63) is 0 Å². The molecule has 68 valence electrons. The fraction of sp³-hybridized carbons (Fsp3) is 1.00. The molecule has 0 aromatic rings. The second-order valence-corrected chi connectivity index (χ2v) is 16.0. The fourth-order valence-corrected chi connectivity index (χ4v) is 11.9. The predicted octanol–water partition coefficient (Wildman–Crippen LogP) is 2.48. The van der Waals surface area contributed by atoms with Gasteiger partial charge in [0, 0.05) is 0 Å². The lowest BCUT2D eigenvalue weighted by molar-refractivity contribution is 0.999. The Morgan fingerprint density at radius 2 is 1.18 bits per heavy atom. The third kappa shape index (κ3) is 3.75. The zero-order valence-corrected chi connectivity index (χ0v) is 11.2. The molecule has 0 aromatic carbocycles. The zero-order chi connectivity index (χ0) is 9.28. The lowest BCUT2D eigenvalue weighted by Crippen LogP contribution is -2.55. The average molecular weight is 208 g/mol. The summed E-state index contributed by atoms with van der Waals surface area (Å²) >= 11 is 1.44. The van der Waals surface area contributed by atoms with Crippen LogP contribution in [0.2, 0.25) is 39.3 Å². The molecule has 0 bridgehead atoms. The molecule has 11 heavy (non-hydrogen) atoms. The van der Waals surface area contributed by atoms with E-state index in [-0.39, 0.29) is 0 Å². The lowest BCUT2D eigenvalue weighted by Gasteiger charge is -2.40. The van der Waals surface area contributed by atoms with Crippen LogP contribution in [0.5, 0.6) is 0 Å². The third-order valence-electron chi connectivity index (χ3n) is 1.32. The van der Waals surface area contributed by atoms with Gasteiger partial charge in [-0.25, -0.2) is 0 Å². The Labute approximate surface area is 77.0 Å². The summed E-state index contributed by atoms with van der Waals surface area (Å²) in [6.07, 6.45) is 0. The second kappa shape index (κ2) is 3.61. The van der Waals surface area contributed by atoms with E-state index in [1.54, 1.807) is 0 Å². The van der Waals surface area contributed by atoms with Crippen LogP contribution >= 0.6 is 12.1 Å². The van der Waals surface area contributed by atoms with E-state index in [0.717, 1.165) is 0 Å². The molecule has 0 aliphatic rings. The molecule has 0 fully saturated rings. The summed E-state index contributed by atoms with van der Waals surface area (Å²) < 4.78 is 2.47. The topological polar surface area (TPSA) is 29.3 Å². The van der Waals surface area contributed by atoms with E-state index < -0.39 is 16.5 Å². The van der Waals surface area contributed by atoms with Gasteiger partial charge < -0.3 is 0 Å². The van der Waals surface area contributed by atoms with Crippen LogP contribution in [0, 0.1) is 0 Å². The van der Waals surface area contributed by atoms with Crippen molar-refractivity contribution in [3.8, 4) is 0 Å². The third-order valence-corrected chi connectivity index (χ3v) is 11.9. The van der Waals surface area contributed by atoms with Crippen LogP contribution in [0.4, 0.5) is 0 Å². The summed E-state index contributed by atoms with van der Waals surface area (Å²) in [5, 5.41) is 5.66. The summed E-state index contributed by atoms with van der Waals surface area (Å²) in [5.41, 5.74) is 0. The first-order valence-electron chi connectivity index (χ1n) is 3.87. The van der Waals surface area contributed by atoms with Crippen LogP contribution in [-0.4, -0.2) is 20.1 Å². The van der Waals surface area contributed by atoms with Crippen LogP contribution < -0.4 is 5.14 Å². The van der Waals surface area contributed by atoms with Gasteiger partial charge in [0.05, 0.1) is 0 Å². The Balaban J connectivity index is 4.43. The van der Waals surface area contributed by atoms with E-state index >= 15 is 0 Å². The van der Waals surface area contributed by atoms with E-state index in [1.807, 2.05) is 0 Å². The average Bonchev–Trinajstić information content (AvgIpc) is 1.56. The van der Waals surface area contributed by atoms with Gasteiger partial charge in [0.25, 0.3) is 0 Å². The molecule has 2 N–H and O–H groups in total. The van der Waals surface area contributed by atoms with Gasteiger partial charge in [0.15, 0.2) is 0 Å². The van der Waals surface area contributed by atoms with Crippen molar-refractivity contribution in [2.45, 2.75) is 39.3 Å². The van der Waals surface area contributed by atoms with Gasteiger partial charge in [-0.2, -0.15) is 0 Å². The molecule has 0 spiro atoms. The second-order valence-electron chi connectivity index (χ2n) is 4.74. The van der Waals surface area contributed by atoms with Gasteiger partial charge in [0.2, 0.25) is 0 Å². The molecule has 0 saturated heterocycles. The van der Waals surface area contributed by atoms with Crippen LogP contribution in [0.15, 0.2) is 0 Å². The molecule has 0 atom stereocenters. The van der Waals surface area contributed by atoms with Gasteiger partial charge in [-0.3, -0.25) is 8.78 Å². The summed E-state index contributed by atoms with van der Waals surface area (Å²) in [6.45, 7) is 14.0. The van der Waals surface area contributed by atoms with Gasteiger partial charge in [-0.1, -0.05) is 39.3 Å². The Bertz CT molecular complexity index is 114. The van der Waals surface area contributed by atoms with E-state index in [0.29, 0.717) is 0 Å². The van der Waals surface area contributed by atoms with Crippen molar-refractivity contribution < 1.29 is 0 Å². The zero-order valence-electron chi connectivity index (χ0n) is 8.43. The highest BCUT2D eigenvalue weighted by Crippen LogP contribution is 2.24. The molecule has 0 aromatic heterocycles. The molecule has 0 radical (unpaired) electrons. The van der Waals surface area contributed by atoms with Crippen molar-refractivity contribution in [3.63, 3.8) is 0 Å². The molecule has 5 heteroatoms. The van der Waals surface area contributed by atoms with Gasteiger partial charge >= 0.3 is 0 Å². The smallest absolute Gasteiger partial charge is 0.125 e. The molecule has 0 amide bonds. The van der Waals surface area contributed by atoms with Crippen LogP contribution in [0.25, 0.3) is 0 Å². The highest BCUT2D eigenvalue weighted by atomic mass is 32.2. The number of nitrogens with two attached hydrogens (primary N) is 1. The number of rotatable bonds is 3. The Hall–Kier alpha value is 0.704. The highest BCUT2D eigenvalue weighted by molar-refractivity contribution is 7.97. The van der Waals surface area contributed by atoms with Gasteiger partial charge in [0.1, 0.15) is 16.5 Å². The summed E-state index contributed by atoms with van der Waals surface area (Å²) in [4.78, 5) is 0. The van der Waals surface area contributed by atoms with Crippen molar-refractivity contribution in [2.75, 3.05) is 0 Å². The maximum Gasteiger partial charge on any atom is 0.125 e. The standard InChI is InChI=1S/C6H20N2SSi2/c1-10(2,3)8(9-7)11(4,5)6/h7H2,1-6H3. The highest BCUT2D eigenvalue weighted by Gasteiger charge is 2.34. The molecule has 0 heterocycles. The normalized spacial score (nSPS) is 14.2. The molecule has 0 aliphatic carbocycles. The molecule has 2 nitrogen and oxygen atoms in total. The van der Waals surface area contributed by atoms with Crippen molar-refractivity contribution >= 4 is 28.6 Å². The quantitative estimate of drug-likeness (QED) is 0.571. The van der Waals surface area contributed by atoms with E-state index in [4.69, 9.17) is 5.14 Å². The molecule has 0 aliphatic heterocycles. The molecular formula is C6H20N2SSi2. The molecule has 0 rings (SSSR count). The van der Waals surface area contributed by atoms with Crippen LogP contribution in [0.1, 0.15) is 0 Å². The van der Waals surface area contributed by atoms with E-state index in [9.17, 15) is 0 Å². The fourth-order valence-electron chi connectivity index (χ4n) is 1.32. The van der Waals surface area contributed by atoms with Crippen molar-refractivity contribution in [1.82, 2.24) is 3.64 Å². The van der Waals surface area contributed by atoms with Gasteiger partial charge in [-0.05, 0) is 12.1 Å².